The van der Waals surface area contributed by atoms with E-state index in [2.05, 4.69) is 5.32 Å². The highest BCUT2D eigenvalue weighted by Gasteiger charge is 2.43. The Morgan fingerprint density at radius 1 is 1.23 bits per heavy atom. The van der Waals surface area contributed by atoms with Crippen LogP contribution in [0.15, 0.2) is 59.8 Å². The maximum atomic E-state index is 13.4. The van der Waals surface area contributed by atoms with Crippen LogP contribution < -0.4 is 10.2 Å². The summed E-state index contributed by atoms with van der Waals surface area (Å²) in [4.78, 5) is 38.9. The molecule has 0 bridgehead atoms. The van der Waals surface area contributed by atoms with E-state index in [-0.39, 0.29) is 28.7 Å². The molecule has 31 heavy (non-hydrogen) atoms. The monoisotopic (exact) mass is 439 g/mol. The minimum Gasteiger partial charge on any atom is -0.357 e. The van der Waals surface area contributed by atoms with Crippen LogP contribution in [0.2, 0.25) is 0 Å². The van der Waals surface area contributed by atoms with Gasteiger partial charge in [0.05, 0.1) is 22.3 Å². The number of hydrogen-bond donors (Lipinski definition) is 1. The fourth-order valence-electron chi connectivity index (χ4n) is 4.44. The summed E-state index contributed by atoms with van der Waals surface area (Å²) in [6, 6.07) is 12.9. The van der Waals surface area contributed by atoms with Gasteiger partial charge in [0, 0.05) is 29.8 Å². The SMILES string of the molecule is CC1(C)CC(=O)C2=C(C1)Nc1cc([N+](=O)[O-])ccc1N(C(=O)CCl)C2c1ccccc1. The quantitative estimate of drug-likeness (QED) is 0.413. The number of nitrogens with zero attached hydrogens (tertiary/aromatic N) is 2. The Bertz CT molecular complexity index is 1110. The lowest BCUT2D eigenvalue weighted by molar-refractivity contribution is -0.384. The number of ketones is 1. The molecule has 2 aliphatic rings. The van der Waals surface area contributed by atoms with E-state index < -0.39 is 11.0 Å². The zero-order valence-corrected chi connectivity index (χ0v) is 18.0. The van der Waals surface area contributed by atoms with Crippen LogP contribution >= 0.6 is 11.6 Å². The van der Waals surface area contributed by atoms with Gasteiger partial charge < -0.3 is 5.32 Å². The summed E-state index contributed by atoms with van der Waals surface area (Å²) in [5, 5.41) is 14.6. The van der Waals surface area contributed by atoms with Crippen LogP contribution in [0.5, 0.6) is 0 Å². The number of non-ortho nitro benzene ring substituents is 1. The largest absolute Gasteiger partial charge is 0.357 e. The average Bonchev–Trinajstić information content (AvgIpc) is 2.86. The van der Waals surface area contributed by atoms with Gasteiger partial charge in [0.15, 0.2) is 5.78 Å². The van der Waals surface area contributed by atoms with Crippen molar-refractivity contribution in [2.24, 2.45) is 5.41 Å². The summed E-state index contributed by atoms with van der Waals surface area (Å²) in [7, 11) is 0. The van der Waals surface area contributed by atoms with Crippen LogP contribution in [-0.4, -0.2) is 22.5 Å². The van der Waals surface area contributed by atoms with E-state index in [4.69, 9.17) is 11.6 Å². The molecule has 1 atom stereocenters. The predicted molar refractivity (Wildman–Crippen MR) is 119 cm³/mol. The Morgan fingerprint density at radius 2 is 1.94 bits per heavy atom. The number of fused-ring (bicyclic) bond motifs is 1. The Balaban J connectivity index is 2.02. The van der Waals surface area contributed by atoms with Gasteiger partial charge in [0.1, 0.15) is 5.88 Å². The maximum absolute atomic E-state index is 13.4. The van der Waals surface area contributed by atoms with Crippen molar-refractivity contribution in [1.82, 2.24) is 0 Å². The maximum Gasteiger partial charge on any atom is 0.271 e. The first kappa shape index (κ1) is 21.1. The van der Waals surface area contributed by atoms with Gasteiger partial charge in [-0.15, -0.1) is 11.6 Å². The van der Waals surface area contributed by atoms with Crippen molar-refractivity contribution in [2.45, 2.75) is 32.7 Å². The first-order chi connectivity index (χ1) is 14.7. The topological polar surface area (TPSA) is 92.5 Å². The van der Waals surface area contributed by atoms with Gasteiger partial charge in [0.2, 0.25) is 5.91 Å². The third kappa shape index (κ3) is 3.81. The number of carbonyl (C=O) groups excluding carboxylic acids is 2. The summed E-state index contributed by atoms with van der Waals surface area (Å²) in [5.74, 6) is -0.733. The minimum absolute atomic E-state index is 0.0534. The van der Waals surface area contributed by atoms with Crippen LogP contribution in [0.25, 0.3) is 0 Å². The van der Waals surface area contributed by atoms with Gasteiger partial charge in [0.25, 0.3) is 5.69 Å². The van der Waals surface area contributed by atoms with Crippen LogP contribution in [0.1, 0.15) is 38.3 Å². The minimum atomic E-state index is -0.679. The van der Waals surface area contributed by atoms with Gasteiger partial charge in [-0.05, 0) is 23.5 Å². The molecule has 1 amide bonds. The molecule has 160 valence electrons. The average molecular weight is 440 g/mol. The number of nitrogens with one attached hydrogen (secondary N) is 1. The summed E-state index contributed by atoms with van der Waals surface area (Å²) in [6.45, 7) is 4.02. The van der Waals surface area contributed by atoms with Crippen LogP contribution in [-0.2, 0) is 9.59 Å². The standard InChI is InChI=1S/C23H22ClN3O4/c1-23(2)11-17-21(19(28)12-23)22(14-6-4-3-5-7-14)26(20(29)13-24)18-9-8-15(27(30)31)10-16(18)25-17/h3-10,22,25H,11-13H2,1-2H3. The normalized spacial score (nSPS) is 19.8. The number of benzene rings is 2. The van der Waals surface area contributed by atoms with E-state index in [1.54, 1.807) is 0 Å². The van der Waals surface area contributed by atoms with Crippen molar-refractivity contribution in [3.05, 3.63) is 75.5 Å². The zero-order chi connectivity index (χ0) is 22.3. The fraction of sp³-hybridized carbons (Fsp3) is 0.304. The molecule has 0 saturated heterocycles. The van der Waals surface area contributed by atoms with E-state index >= 15 is 0 Å². The van der Waals surface area contributed by atoms with Crippen molar-refractivity contribution in [3.8, 4) is 0 Å². The molecule has 7 nitrogen and oxygen atoms in total. The lowest BCUT2D eigenvalue weighted by Gasteiger charge is -2.37. The van der Waals surface area contributed by atoms with Crippen molar-refractivity contribution in [3.63, 3.8) is 0 Å². The van der Waals surface area contributed by atoms with Crippen molar-refractivity contribution in [2.75, 3.05) is 16.1 Å². The van der Waals surface area contributed by atoms with E-state index in [1.165, 1.54) is 23.1 Å². The van der Waals surface area contributed by atoms with E-state index in [0.29, 0.717) is 35.5 Å². The van der Waals surface area contributed by atoms with E-state index in [1.807, 2.05) is 44.2 Å². The molecule has 2 aromatic rings. The molecule has 1 aliphatic heterocycles. The first-order valence-corrected chi connectivity index (χ1v) is 10.5. The lowest BCUT2D eigenvalue weighted by Crippen LogP contribution is -2.40. The summed E-state index contributed by atoms with van der Waals surface area (Å²) < 4.78 is 0. The molecule has 8 heteroatoms. The highest BCUT2D eigenvalue weighted by atomic mass is 35.5. The van der Waals surface area contributed by atoms with E-state index in [0.717, 1.165) is 5.56 Å². The highest BCUT2D eigenvalue weighted by molar-refractivity contribution is 6.30. The number of alkyl halides is 1. The molecule has 1 unspecified atom stereocenters. The van der Waals surface area contributed by atoms with Crippen LogP contribution in [0.4, 0.5) is 17.1 Å². The molecule has 0 spiro atoms. The summed E-state index contributed by atoms with van der Waals surface area (Å²) in [6.07, 6.45) is 0.915. The molecule has 4 rings (SSSR count). The molecular formula is C23H22ClN3O4. The van der Waals surface area contributed by atoms with Crippen molar-refractivity contribution >= 4 is 40.4 Å². The Morgan fingerprint density at radius 3 is 2.58 bits per heavy atom. The van der Waals surface area contributed by atoms with Gasteiger partial charge in [-0.2, -0.15) is 0 Å². The summed E-state index contributed by atoms with van der Waals surface area (Å²) >= 11 is 5.98. The number of halogens is 1. The third-order valence-corrected chi connectivity index (χ3v) is 5.91. The molecule has 0 fully saturated rings. The van der Waals surface area contributed by atoms with Gasteiger partial charge >= 0.3 is 0 Å². The number of carbonyl (C=O) groups is 2. The number of rotatable bonds is 3. The number of allylic oxidation sites excluding steroid dienone is 1. The second-order valence-corrected chi connectivity index (χ2v) is 8.89. The number of nitro benzene ring substituents is 1. The smallest absolute Gasteiger partial charge is 0.271 e. The molecule has 1 heterocycles. The fourth-order valence-corrected chi connectivity index (χ4v) is 4.56. The molecular weight excluding hydrogens is 418 g/mol. The first-order valence-electron chi connectivity index (χ1n) is 9.96. The van der Waals surface area contributed by atoms with Crippen molar-refractivity contribution in [1.29, 1.82) is 0 Å². The van der Waals surface area contributed by atoms with Crippen LogP contribution in [0, 0.1) is 15.5 Å². The molecule has 0 saturated carbocycles. The number of nitro groups is 1. The molecule has 1 N–H and O–H groups in total. The number of anilines is 2. The Labute approximate surface area is 184 Å². The Kier molecular flexibility index (Phi) is 5.31. The number of amides is 1. The Hall–Kier alpha value is -3.19. The number of hydrogen-bond acceptors (Lipinski definition) is 5. The van der Waals surface area contributed by atoms with Crippen LogP contribution in [0.3, 0.4) is 0 Å². The molecule has 0 aromatic heterocycles. The van der Waals surface area contributed by atoms with Gasteiger partial charge in [-0.1, -0.05) is 44.2 Å². The second-order valence-electron chi connectivity index (χ2n) is 8.63. The zero-order valence-electron chi connectivity index (χ0n) is 17.2. The molecule has 2 aromatic carbocycles. The second kappa shape index (κ2) is 7.81. The van der Waals surface area contributed by atoms with Crippen molar-refractivity contribution < 1.29 is 14.5 Å². The van der Waals surface area contributed by atoms with Gasteiger partial charge in [-0.3, -0.25) is 24.6 Å². The highest BCUT2D eigenvalue weighted by Crippen LogP contribution is 2.48. The molecule has 1 aliphatic carbocycles. The third-order valence-electron chi connectivity index (χ3n) is 5.69. The number of Topliss-reactive ketones (excluding diaryl/α,β-unsaturated/α-hetero) is 1. The predicted octanol–water partition coefficient (Wildman–Crippen LogP) is 4.98. The van der Waals surface area contributed by atoms with Gasteiger partial charge in [-0.25, -0.2) is 0 Å². The summed E-state index contributed by atoms with van der Waals surface area (Å²) in [5.41, 5.74) is 2.43. The van der Waals surface area contributed by atoms with E-state index in [9.17, 15) is 19.7 Å². The lowest BCUT2D eigenvalue weighted by atomic mass is 9.73. The molecule has 0 radical (unpaired) electrons.